The lowest BCUT2D eigenvalue weighted by atomic mass is 9.86. The van der Waals surface area contributed by atoms with E-state index in [1.165, 1.54) is 34.4 Å². The lowest BCUT2D eigenvalue weighted by Crippen LogP contribution is -2.31. The van der Waals surface area contributed by atoms with Crippen molar-refractivity contribution >= 4 is 33.9 Å². The first-order valence-electron chi connectivity index (χ1n) is 9.05. The molecule has 7 heteroatoms. The van der Waals surface area contributed by atoms with E-state index in [-0.39, 0.29) is 10.7 Å². The summed E-state index contributed by atoms with van der Waals surface area (Å²) in [5.41, 5.74) is 1.13. The summed E-state index contributed by atoms with van der Waals surface area (Å²) in [5.74, 6) is -4.13. The van der Waals surface area contributed by atoms with Crippen LogP contribution in [0.1, 0.15) is 32.5 Å². The van der Waals surface area contributed by atoms with Crippen molar-refractivity contribution in [3.63, 3.8) is 0 Å². The van der Waals surface area contributed by atoms with Gasteiger partial charge < -0.3 is 0 Å². The highest BCUT2D eigenvalue weighted by Gasteiger charge is 2.53. The van der Waals surface area contributed by atoms with Gasteiger partial charge in [0.25, 0.3) is 5.91 Å². The first kappa shape index (κ1) is 19.1. The Morgan fingerprint density at radius 2 is 1.69 bits per heavy atom. The molecular formula is C22H17FN2O3S. The molecule has 0 saturated carbocycles. The van der Waals surface area contributed by atoms with Gasteiger partial charge in [-0.1, -0.05) is 48.5 Å². The molecule has 2 unspecified atom stereocenters. The van der Waals surface area contributed by atoms with E-state index >= 15 is 0 Å². The molecule has 2 atom stereocenters. The largest absolute Gasteiger partial charge is 0.297 e. The number of amides is 1. The number of aromatic nitrogens is 1. The van der Waals surface area contributed by atoms with Crippen LogP contribution in [0.3, 0.4) is 0 Å². The first-order chi connectivity index (χ1) is 13.9. The van der Waals surface area contributed by atoms with Gasteiger partial charge in [-0.2, -0.15) is 0 Å². The first-order valence-corrected chi connectivity index (χ1v) is 9.87. The van der Waals surface area contributed by atoms with E-state index in [0.717, 1.165) is 10.6 Å². The SMILES string of the molecule is Cc1nc(N2C(=O)C(=O)C(C(=O)c3ccccc3)C2c2ccccc2F)sc1C. The Morgan fingerprint density at radius 1 is 1.03 bits per heavy atom. The van der Waals surface area contributed by atoms with Crippen LogP contribution in [0.15, 0.2) is 54.6 Å². The lowest BCUT2D eigenvalue weighted by Gasteiger charge is -2.25. The van der Waals surface area contributed by atoms with Crippen LogP contribution >= 0.6 is 11.3 Å². The van der Waals surface area contributed by atoms with Crippen LogP contribution in [0, 0.1) is 25.6 Å². The summed E-state index contributed by atoms with van der Waals surface area (Å²) < 4.78 is 14.7. The Bertz CT molecular complexity index is 1110. The summed E-state index contributed by atoms with van der Waals surface area (Å²) in [6, 6.07) is 13.1. The van der Waals surface area contributed by atoms with E-state index in [1.807, 2.05) is 6.92 Å². The zero-order chi connectivity index (χ0) is 20.7. The van der Waals surface area contributed by atoms with Crippen LogP contribution in [0.25, 0.3) is 0 Å². The molecular weight excluding hydrogens is 391 g/mol. The topological polar surface area (TPSA) is 67.3 Å². The molecule has 29 heavy (non-hydrogen) atoms. The normalized spacial score (nSPS) is 19.1. The van der Waals surface area contributed by atoms with E-state index in [2.05, 4.69) is 4.98 Å². The van der Waals surface area contributed by atoms with Gasteiger partial charge in [-0.15, -0.1) is 11.3 Å². The number of hydrogen-bond donors (Lipinski definition) is 0. The molecule has 1 fully saturated rings. The fraction of sp³-hybridized carbons (Fsp3) is 0.182. The van der Waals surface area contributed by atoms with E-state index < -0.39 is 35.3 Å². The number of Topliss-reactive ketones (excluding diaryl/α,β-unsaturated/α-hetero) is 2. The van der Waals surface area contributed by atoms with E-state index in [1.54, 1.807) is 43.3 Å². The van der Waals surface area contributed by atoms with Gasteiger partial charge in [0.05, 0.1) is 11.7 Å². The molecule has 1 saturated heterocycles. The third-order valence-electron chi connectivity index (χ3n) is 5.09. The molecule has 0 spiro atoms. The zero-order valence-corrected chi connectivity index (χ0v) is 16.6. The molecule has 0 radical (unpaired) electrons. The zero-order valence-electron chi connectivity index (χ0n) is 15.8. The van der Waals surface area contributed by atoms with Gasteiger partial charge in [-0.3, -0.25) is 19.3 Å². The summed E-state index contributed by atoms with van der Waals surface area (Å²) in [4.78, 5) is 45.5. The van der Waals surface area contributed by atoms with Crippen LogP contribution in [0.4, 0.5) is 9.52 Å². The molecule has 1 amide bonds. The van der Waals surface area contributed by atoms with Crippen LogP contribution < -0.4 is 4.90 Å². The van der Waals surface area contributed by atoms with Crippen molar-refractivity contribution in [2.75, 3.05) is 4.90 Å². The van der Waals surface area contributed by atoms with Crippen LogP contribution in [-0.4, -0.2) is 22.5 Å². The number of hydrogen-bond acceptors (Lipinski definition) is 5. The Labute approximate surface area is 170 Å². The number of rotatable bonds is 4. The Balaban J connectivity index is 1.90. The Morgan fingerprint density at radius 3 is 2.31 bits per heavy atom. The minimum Gasteiger partial charge on any atom is -0.293 e. The number of ketones is 2. The molecule has 2 heterocycles. The second-order valence-corrected chi connectivity index (χ2v) is 8.03. The number of carbonyl (C=O) groups is 3. The summed E-state index contributed by atoms with van der Waals surface area (Å²) in [6.07, 6.45) is 0. The van der Waals surface area contributed by atoms with Crippen LogP contribution in [0.5, 0.6) is 0 Å². The van der Waals surface area contributed by atoms with Gasteiger partial charge in [0.2, 0.25) is 5.78 Å². The molecule has 1 aliphatic rings. The van der Waals surface area contributed by atoms with Crippen molar-refractivity contribution in [2.24, 2.45) is 5.92 Å². The number of halogens is 1. The smallest absolute Gasteiger partial charge is 0.293 e. The van der Waals surface area contributed by atoms with Gasteiger partial charge >= 0.3 is 0 Å². The Kier molecular flexibility index (Phi) is 4.84. The summed E-state index contributed by atoms with van der Waals surface area (Å²) in [6.45, 7) is 3.64. The van der Waals surface area contributed by atoms with Gasteiger partial charge in [-0.25, -0.2) is 9.37 Å². The summed E-state index contributed by atoms with van der Waals surface area (Å²) in [7, 11) is 0. The lowest BCUT2D eigenvalue weighted by molar-refractivity contribution is -0.135. The number of aryl methyl sites for hydroxylation is 2. The quantitative estimate of drug-likeness (QED) is 0.371. The van der Waals surface area contributed by atoms with E-state index in [4.69, 9.17) is 0 Å². The predicted octanol–water partition coefficient (Wildman–Crippen LogP) is 4.06. The highest BCUT2D eigenvalue weighted by molar-refractivity contribution is 7.16. The van der Waals surface area contributed by atoms with E-state index in [9.17, 15) is 18.8 Å². The minimum atomic E-state index is -1.34. The van der Waals surface area contributed by atoms with Crippen molar-refractivity contribution in [1.82, 2.24) is 4.98 Å². The molecule has 3 aromatic rings. The number of benzene rings is 2. The maximum atomic E-state index is 14.7. The fourth-order valence-corrected chi connectivity index (χ4v) is 4.46. The molecule has 0 bridgehead atoms. The molecule has 0 N–H and O–H groups in total. The predicted molar refractivity (Wildman–Crippen MR) is 107 cm³/mol. The molecule has 4 rings (SSSR count). The fourth-order valence-electron chi connectivity index (χ4n) is 3.51. The van der Waals surface area contributed by atoms with Crippen molar-refractivity contribution in [2.45, 2.75) is 19.9 Å². The van der Waals surface area contributed by atoms with Crippen molar-refractivity contribution in [1.29, 1.82) is 0 Å². The molecule has 146 valence electrons. The summed E-state index contributed by atoms with van der Waals surface area (Å²) in [5, 5.41) is 0.287. The standard InChI is InChI=1S/C22H17FN2O3S/c1-12-13(2)29-22(24-12)25-18(15-10-6-7-11-16(15)23)17(20(27)21(25)28)19(26)14-8-4-3-5-9-14/h3-11,17-18H,1-2H3. The van der Waals surface area contributed by atoms with Gasteiger partial charge in [0.15, 0.2) is 10.9 Å². The average Bonchev–Trinajstić information content (AvgIpc) is 3.18. The average molecular weight is 408 g/mol. The minimum absolute atomic E-state index is 0.117. The van der Waals surface area contributed by atoms with E-state index in [0.29, 0.717) is 5.56 Å². The van der Waals surface area contributed by atoms with Crippen LogP contribution in [-0.2, 0) is 9.59 Å². The van der Waals surface area contributed by atoms with Gasteiger partial charge in [-0.05, 0) is 19.9 Å². The second kappa shape index (κ2) is 7.33. The molecule has 2 aromatic carbocycles. The number of nitrogens with zero attached hydrogens (tertiary/aromatic N) is 2. The second-order valence-electron chi connectivity index (χ2n) is 6.85. The van der Waals surface area contributed by atoms with Gasteiger partial charge in [0, 0.05) is 16.0 Å². The van der Waals surface area contributed by atoms with Crippen molar-refractivity contribution < 1.29 is 18.8 Å². The third-order valence-corrected chi connectivity index (χ3v) is 6.17. The Hall–Kier alpha value is -3.19. The van der Waals surface area contributed by atoms with Crippen molar-refractivity contribution in [3.8, 4) is 0 Å². The molecule has 1 aromatic heterocycles. The summed E-state index contributed by atoms with van der Waals surface area (Å²) >= 11 is 1.24. The van der Waals surface area contributed by atoms with Crippen LogP contribution in [0.2, 0.25) is 0 Å². The molecule has 1 aliphatic heterocycles. The van der Waals surface area contributed by atoms with Gasteiger partial charge in [0.1, 0.15) is 11.7 Å². The number of carbonyl (C=O) groups excluding carboxylic acids is 3. The maximum absolute atomic E-state index is 14.7. The highest BCUT2D eigenvalue weighted by Crippen LogP contribution is 2.43. The highest BCUT2D eigenvalue weighted by atomic mass is 32.1. The number of anilines is 1. The molecule has 5 nitrogen and oxygen atoms in total. The number of thiazole rings is 1. The molecule has 0 aliphatic carbocycles. The third kappa shape index (κ3) is 3.17. The van der Waals surface area contributed by atoms with Crippen molar-refractivity contribution in [3.05, 3.63) is 82.1 Å². The monoisotopic (exact) mass is 408 g/mol. The maximum Gasteiger partial charge on any atom is 0.297 e.